The monoisotopic (exact) mass is 425 g/mol. The molecule has 150 valence electrons. The van der Waals surface area contributed by atoms with E-state index in [1.807, 2.05) is 0 Å². The maximum Gasteiger partial charge on any atom is 0.416 e. The van der Waals surface area contributed by atoms with Crippen molar-refractivity contribution >= 4 is 40.2 Å². The zero-order chi connectivity index (χ0) is 21.5. The van der Waals surface area contributed by atoms with Crippen molar-refractivity contribution in [1.29, 1.82) is 0 Å². The van der Waals surface area contributed by atoms with E-state index in [9.17, 15) is 37.8 Å². The van der Waals surface area contributed by atoms with Crippen LogP contribution >= 0.6 is 11.6 Å². The number of fused-ring (bicyclic) bond motifs is 1. The van der Waals surface area contributed by atoms with Gasteiger partial charge in [-0.15, -0.1) is 0 Å². The van der Waals surface area contributed by atoms with E-state index in [4.69, 9.17) is 11.6 Å². The van der Waals surface area contributed by atoms with E-state index in [1.54, 1.807) is 0 Å². The van der Waals surface area contributed by atoms with Crippen LogP contribution < -0.4 is 0 Å². The van der Waals surface area contributed by atoms with E-state index in [0.717, 1.165) is 12.1 Å². The molecule has 0 spiro atoms. The number of H-pyrrole nitrogens is 1. The molecule has 3 rings (SSSR count). The fourth-order valence-electron chi connectivity index (χ4n) is 2.98. The first-order valence-electron chi connectivity index (χ1n) is 7.99. The maximum atomic E-state index is 12.9. The highest BCUT2D eigenvalue weighted by molar-refractivity contribution is 6.31. The third-order valence-corrected chi connectivity index (χ3v) is 4.52. The summed E-state index contributed by atoms with van der Waals surface area (Å²) in [4.78, 5) is 38.7. The molecule has 0 aliphatic heterocycles. The van der Waals surface area contributed by atoms with Gasteiger partial charge in [-0.1, -0.05) is 29.8 Å². The Morgan fingerprint density at radius 1 is 0.966 bits per heavy atom. The van der Waals surface area contributed by atoms with Gasteiger partial charge >= 0.3 is 18.1 Å². The van der Waals surface area contributed by atoms with Gasteiger partial charge in [0, 0.05) is 27.1 Å². The second-order valence-electron chi connectivity index (χ2n) is 6.12. The van der Waals surface area contributed by atoms with Crippen LogP contribution in [0.1, 0.15) is 33.1 Å². The minimum atomic E-state index is -4.59. The topological polar surface area (TPSA) is 107 Å². The Kier molecular flexibility index (Phi) is 5.10. The molecule has 29 heavy (non-hydrogen) atoms. The normalized spacial score (nSPS) is 11.8. The number of carbonyl (C=O) groups excluding carboxylic acids is 1. The highest BCUT2D eigenvalue weighted by atomic mass is 35.5. The van der Waals surface area contributed by atoms with Crippen molar-refractivity contribution in [2.24, 2.45) is 0 Å². The van der Waals surface area contributed by atoms with Gasteiger partial charge in [0.2, 0.25) is 5.78 Å². The van der Waals surface area contributed by atoms with Crippen molar-refractivity contribution in [2.45, 2.75) is 12.1 Å². The average molecular weight is 426 g/mol. The largest absolute Gasteiger partial charge is 0.480 e. The van der Waals surface area contributed by atoms with Crippen LogP contribution in [0, 0.1) is 0 Å². The summed E-state index contributed by atoms with van der Waals surface area (Å²) in [6.07, 6.45) is -4.59. The van der Waals surface area contributed by atoms with Crippen molar-refractivity contribution in [3.8, 4) is 0 Å². The standard InChI is InChI=1S/C19H11ClF3NO5/c20-10-5-6-11-12(7-10)24-15(13(11)14(17(26)27)18(28)29)16(25)8-1-3-9(4-2-8)19(21,22)23/h1-7,14,24H,(H,26,27)(H,28,29). The summed E-state index contributed by atoms with van der Waals surface area (Å²) in [7, 11) is 0. The fourth-order valence-corrected chi connectivity index (χ4v) is 3.15. The molecule has 0 atom stereocenters. The van der Waals surface area contributed by atoms with Gasteiger partial charge in [0.1, 0.15) is 0 Å². The number of carbonyl (C=O) groups is 3. The van der Waals surface area contributed by atoms with Gasteiger partial charge in [-0.3, -0.25) is 14.4 Å². The van der Waals surface area contributed by atoms with Crippen LogP contribution in [-0.2, 0) is 15.8 Å². The molecule has 0 saturated carbocycles. The van der Waals surface area contributed by atoms with E-state index in [1.165, 1.54) is 18.2 Å². The van der Waals surface area contributed by atoms with Gasteiger partial charge in [0.25, 0.3) is 0 Å². The zero-order valence-electron chi connectivity index (χ0n) is 14.2. The Hall–Kier alpha value is -3.33. The van der Waals surface area contributed by atoms with Crippen LogP contribution in [0.15, 0.2) is 42.5 Å². The number of carboxylic acid groups (broad SMARTS) is 2. The number of hydrogen-bond acceptors (Lipinski definition) is 3. The number of benzene rings is 2. The van der Waals surface area contributed by atoms with Gasteiger partial charge in [-0.05, 0) is 24.3 Å². The highest BCUT2D eigenvalue weighted by Gasteiger charge is 2.36. The van der Waals surface area contributed by atoms with Crippen LogP contribution in [0.25, 0.3) is 10.9 Å². The Morgan fingerprint density at radius 2 is 1.55 bits per heavy atom. The molecule has 1 aromatic heterocycles. The molecule has 0 amide bonds. The lowest BCUT2D eigenvalue weighted by molar-refractivity contribution is -0.150. The van der Waals surface area contributed by atoms with Crippen molar-refractivity contribution < 1.29 is 37.8 Å². The summed E-state index contributed by atoms with van der Waals surface area (Å²) in [5.41, 5.74) is -1.58. The van der Waals surface area contributed by atoms with Gasteiger partial charge < -0.3 is 15.2 Å². The molecule has 10 heteroatoms. The SMILES string of the molecule is O=C(c1ccc(C(F)(F)F)cc1)c1[nH]c2cc(Cl)ccc2c1C(C(=O)O)C(=O)O. The summed E-state index contributed by atoms with van der Waals surface area (Å²) in [6, 6.07) is 7.43. The lowest BCUT2D eigenvalue weighted by atomic mass is 9.93. The molecule has 6 nitrogen and oxygen atoms in total. The molecule has 0 fully saturated rings. The number of nitrogens with one attached hydrogen (secondary N) is 1. The number of ketones is 1. The van der Waals surface area contributed by atoms with Crippen molar-refractivity contribution in [3.63, 3.8) is 0 Å². The predicted octanol–water partition coefficient (Wildman–Crippen LogP) is 4.32. The minimum Gasteiger partial charge on any atom is -0.480 e. The van der Waals surface area contributed by atoms with Crippen LogP contribution in [-0.4, -0.2) is 32.9 Å². The first kappa shape index (κ1) is 20.4. The molecule has 1 heterocycles. The number of rotatable bonds is 5. The molecule has 0 aliphatic rings. The lowest BCUT2D eigenvalue weighted by Crippen LogP contribution is -2.23. The molecule has 0 radical (unpaired) electrons. The number of aliphatic carboxylic acids is 2. The highest BCUT2D eigenvalue weighted by Crippen LogP contribution is 2.34. The lowest BCUT2D eigenvalue weighted by Gasteiger charge is -2.10. The quantitative estimate of drug-likeness (QED) is 0.417. The number of aromatic nitrogens is 1. The van der Waals surface area contributed by atoms with E-state index >= 15 is 0 Å². The molecular formula is C19H11ClF3NO5. The van der Waals surface area contributed by atoms with E-state index < -0.39 is 35.4 Å². The van der Waals surface area contributed by atoms with E-state index in [-0.39, 0.29) is 32.7 Å². The van der Waals surface area contributed by atoms with Gasteiger partial charge in [-0.2, -0.15) is 13.2 Å². The van der Waals surface area contributed by atoms with Gasteiger partial charge in [0.15, 0.2) is 5.92 Å². The maximum absolute atomic E-state index is 12.9. The van der Waals surface area contributed by atoms with Crippen LogP contribution in [0.4, 0.5) is 13.2 Å². The van der Waals surface area contributed by atoms with Gasteiger partial charge in [-0.25, -0.2) is 0 Å². The Balaban J connectivity index is 2.20. The third kappa shape index (κ3) is 3.81. The number of hydrogen-bond donors (Lipinski definition) is 3. The summed E-state index contributed by atoms with van der Waals surface area (Å²) >= 11 is 5.90. The Labute approximate surface area is 165 Å². The Bertz CT molecular complexity index is 1120. The first-order chi connectivity index (χ1) is 13.5. The molecule has 3 aromatic rings. The van der Waals surface area contributed by atoms with Crippen LogP contribution in [0.3, 0.4) is 0 Å². The van der Waals surface area contributed by atoms with E-state index in [2.05, 4.69) is 4.98 Å². The predicted molar refractivity (Wildman–Crippen MR) is 96.2 cm³/mol. The van der Waals surface area contributed by atoms with Crippen LogP contribution in [0.2, 0.25) is 5.02 Å². The zero-order valence-corrected chi connectivity index (χ0v) is 15.0. The first-order valence-corrected chi connectivity index (χ1v) is 8.37. The minimum absolute atomic E-state index is 0.152. The number of carboxylic acids is 2. The molecule has 0 saturated heterocycles. The van der Waals surface area contributed by atoms with Gasteiger partial charge in [0.05, 0.1) is 11.3 Å². The van der Waals surface area contributed by atoms with E-state index in [0.29, 0.717) is 12.1 Å². The van der Waals surface area contributed by atoms with Crippen molar-refractivity contribution in [1.82, 2.24) is 4.98 Å². The summed E-state index contributed by atoms with van der Waals surface area (Å²) < 4.78 is 38.2. The molecule has 0 unspecified atom stereocenters. The summed E-state index contributed by atoms with van der Waals surface area (Å²) in [5.74, 6) is -6.32. The Morgan fingerprint density at radius 3 is 2.07 bits per heavy atom. The smallest absolute Gasteiger partial charge is 0.416 e. The average Bonchev–Trinajstić information content (AvgIpc) is 2.98. The summed E-state index contributed by atoms with van der Waals surface area (Å²) in [6.45, 7) is 0. The molecule has 3 N–H and O–H groups in total. The number of halogens is 4. The number of aromatic amines is 1. The molecule has 2 aromatic carbocycles. The van der Waals surface area contributed by atoms with Crippen molar-refractivity contribution in [2.75, 3.05) is 0 Å². The molecule has 0 aliphatic carbocycles. The molecule has 0 bridgehead atoms. The molecular weight excluding hydrogens is 415 g/mol. The second-order valence-corrected chi connectivity index (χ2v) is 6.55. The summed E-state index contributed by atoms with van der Waals surface area (Å²) in [5, 5.41) is 19.2. The number of alkyl halides is 3. The van der Waals surface area contributed by atoms with Crippen LogP contribution in [0.5, 0.6) is 0 Å². The second kappa shape index (κ2) is 7.25. The fraction of sp³-hybridized carbons (Fsp3) is 0.105. The third-order valence-electron chi connectivity index (χ3n) is 4.28. The van der Waals surface area contributed by atoms with Crippen molar-refractivity contribution in [3.05, 3.63) is 69.9 Å².